The van der Waals surface area contributed by atoms with Crippen molar-refractivity contribution in [2.24, 2.45) is 0 Å². The molecular weight excluding hydrogens is 298 g/mol. The van der Waals surface area contributed by atoms with Crippen molar-refractivity contribution < 1.29 is 4.39 Å². The van der Waals surface area contributed by atoms with E-state index in [1.54, 1.807) is 0 Å². The fourth-order valence-electron chi connectivity index (χ4n) is 2.47. The van der Waals surface area contributed by atoms with Crippen LogP contribution in [0.2, 0.25) is 10.3 Å². The molecule has 0 fully saturated rings. The molecule has 2 rings (SSSR count). The summed E-state index contributed by atoms with van der Waals surface area (Å²) in [4.78, 5) is 8.24. The molecule has 20 heavy (non-hydrogen) atoms. The molecule has 0 saturated carbocycles. The third kappa shape index (κ3) is 2.52. The summed E-state index contributed by atoms with van der Waals surface area (Å²) in [6, 6.07) is 9.90. The molecule has 0 atom stereocenters. The molecule has 0 aliphatic heterocycles. The average molecular weight is 313 g/mol. The lowest BCUT2D eigenvalue weighted by atomic mass is 9.75. The van der Waals surface area contributed by atoms with E-state index in [0.29, 0.717) is 5.82 Å². The molecule has 0 radical (unpaired) electrons. The van der Waals surface area contributed by atoms with Crippen LogP contribution in [0.4, 0.5) is 4.39 Å². The summed E-state index contributed by atoms with van der Waals surface area (Å²) >= 11 is 11.6. The van der Waals surface area contributed by atoms with Gasteiger partial charge in [0.15, 0.2) is 16.1 Å². The van der Waals surface area contributed by atoms with Gasteiger partial charge in [-0.25, -0.2) is 14.4 Å². The van der Waals surface area contributed by atoms with E-state index in [4.69, 9.17) is 23.2 Å². The summed E-state index contributed by atoms with van der Waals surface area (Å²) in [5.41, 5.74) is 0.658. The van der Waals surface area contributed by atoms with Crippen LogP contribution >= 0.6 is 23.2 Å². The van der Waals surface area contributed by atoms with Gasteiger partial charge in [-0.1, -0.05) is 67.4 Å². The molecule has 2 aromatic rings. The fraction of sp³-hybridized carbons (Fsp3) is 0.333. The first-order valence-corrected chi connectivity index (χ1v) is 7.25. The molecule has 0 aliphatic rings. The van der Waals surface area contributed by atoms with Gasteiger partial charge < -0.3 is 0 Å². The molecule has 0 amide bonds. The highest BCUT2D eigenvalue weighted by atomic mass is 35.5. The van der Waals surface area contributed by atoms with Crippen molar-refractivity contribution in [3.8, 4) is 0 Å². The standard InChI is InChI=1S/C15H15Cl2FN2/c1-3-15(4-2,10-8-6-5-7-9-10)14-19-12(16)11(18)13(17)20-14/h5-9H,3-4H2,1-2H3. The molecule has 0 N–H and O–H groups in total. The number of hydrogen-bond acceptors (Lipinski definition) is 2. The predicted octanol–water partition coefficient (Wildman–Crippen LogP) is 5.03. The molecule has 1 aromatic heterocycles. The minimum absolute atomic E-state index is 0.234. The van der Waals surface area contributed by atoms with Crippen LogP contribution in [0.1, 0.15) is 38.1 Å². The van der Waals surface area contributed by atoms with E-state index in [0.717, 1.165) is 18.4 Å². The van der Waals surface area contributed by atoms with Crippen LogP contribution in [0.3, 0.4) is 0 Å². The van der Waals surface area contributed by atoms with Crippen LogP contribution in [0.25, 0.3) is 0 Å². The smallest absolute Gasteiger partial charge is 0.197 e. The minimum Gasteiger partial charge on any atom is -0.217 e. The number of aromatic nitrogens is 2. The highest BCUT2D eigenvalue weighted by Gasteiger charge is 2.34. The normalized spacial score (nSPS) is 11.7. The Kier molecular flexibility index (Phi) is 4.61. The van der Waals surface area contributed by atoms with Crippen LogP contribution in [0.5, 0.6) is 0 Å². The van der Waals surface area contributed by atoms with Gasteiger partial charge in [-0.15, -0.1) is 0 Å². The molecule has 2 nitrogen and oxygen atoms in total. The molecule has 106 valence electrons. The molecular formula is C15H15Cl2FN2. The molecule has 0 spiro atoms. The number of hydrogen-bond donors (Lipinski definition) is 0. The maximum atomic E-state index is 13.5. The van der Waals surface area contributed by atoms with Crippen LogP contribution < -0.4 is 0 Å². The molecule has 0 unspecified atom stereocenters. The van der Waals surface area contributed by atoms with Crippen molar-refractivity contribution in [2.75, 3.05) is 0 Å². The van der Waals surface area contributed by atoms with E-state index in [2.05, 4.69) is 9.97 Å². The second-order valence-electron chi connectivity index (χ2n) is 4.60. The van der Waals surface area contributed by atoms with Crippen molar-refractivity contribution >= 4 is 23.2 Å². The SMILES string of the molecule is CCC(CC)(c1ccccc1)c1nc(Cl)c(F)c(Cl)n1. The Bertz CT molecular complexity index is 575. The monoisotopic (exact) mass is 312 g/mol. The highest BCUT2D eigenvalue weighted by molar-refractivity contribution is 6.33. The first-order chi connectivity index (χ1) is 9.55. The Morgan fingerprint density at radius 2 is 1.50 bits per heavy atom. The molecule has 0 saturated heterocycles. The second kappa shape index (κ2) is 6.06. The Balaban J connectivity index is 2.65. The molecule has 0 aliphatic carbocycles. The number of nitrogens with zero attached hydrogens (tertiary/aromatic N) is 2. The second-order valence-corrected chi connectivity index (χ2v) is 5.31. The van der Waals surface area contributed by atoms with E-state index in [-0.39, 0.29) is 10.3 Å². The number of benzene rings is 1. The summed E-state index contributed by atoms with van der Waals surface area (Å²) in [6.45, 7) is 4.09. The zero-order valence-corrected chi connectivity index (χ0v) is 12.8. The van der Waals surface area contributed by atoms with Crippen LogP contribution in [0, 0.1) is 5.82 Å². The first-order valence-electron chi connectivity index (χ1n) is 6.49. The van der Waals surface area contributed by atoms with E-state index in [9.17, 15) is 4.39 Å². The van der Waals surface area contributed by atoms with Crippen molar-refractivity contribution in [2.45, 2.75) is 32.1 Å². The topological polar surface area (TPSA) is 25.8 Å². The minimum atomic E-state index is -0.772. The predicted molar refractivity (Wildman–Crippen MR) is 79.8 cm³/mol. The maximum Gasteiger partial charge on any atom is 0.197 e. The van der Waals surface area contributed by atoms with E-state index in [1.807, 2.05) is 44.2 Å². The lowest BCUT2D eigenvalue weighted by Crippen LogP contribution is -2.29. The maximum absolute atomic E-state index is 13.5. The lowest BCUT2D eigenvalue weighted by Gasteiger charge is -2.31. The third-order valence-electron chi connectivity index (χ3n) is 3.73. The molecule has 0 bridgehead atoms. The van der Waals surface area contributed by atoms with Crippen LogP contribution in [0.15, 0.2) is 30.3 Å². The third-order valence-corrected chi connectivity index (χ3v) is 4.23. The van der Waals surface area contributed by atoms with Gasteiger partial charge in [0.25, 0.3) is 0 Å². The quantitative estimate of drug-likeness (QED) is 0.740. The average Bonchev–Trinajstić information content (AvgIpc) is 2.47. The summed E-state index contributed by atoms with van der Waals surface area (Å²) in [5.74, 6) is -0.309. The van der Waals surface area contributed by atoms with Gasteiger partial charge in [-0.05, 0) is 18.4 Å². The lowest BCUT2D eigenvalue weighted by molar-refractivity contribution is 0.445. The van der Waals surface area contributed by atoms with Crippen LogP contribution in [-0.2, 0) is 5.41 Å². The number of rotatable bonds is 4. The Labute approximate surface area is 128 Å². The summed E-state index contributed by atoms with van der Waals surface area (Å²) < 4.78 is 13.5. The zero-order valence-electron chi connectivity index (χ0n) is 11.3. The summed E-state index contributed by atoms with van der Waals surface area (Å²) in [6.07, 6.45) is 1.54. The number of halogens is 3. The Hall–Kier alpha value is -1.19. The summed E-state index contributed by atoms with van der Waals surface area (Å²) in [7, 11) is 0. The van der Waals surface area contributed by atoms with Gasteiger partial charge in [0.2, 0.25) is 0 Å². The highest BCUT2D eigenvalue weighted by Crippen LogP contribution is 2.38. The molecule has 5 heteroatoms. The van der Waals surface area contributed by atoms with Gasteiger partial charge in [0.05, 0.1) is 5.41 Å². The van der Waals surface area contributed by atoms with Crippen molar-refractivity contribution in [1.82, 2.24) is 9.97 Å². The van der Waals surface area contributed by atoms with Gasteiger partial charge in [0, 0.05) is 0 Å². The largest absolute Gasteiger partial charge is 0.217 e. The van der Waals surface area contributed by atoms with Gasteiger partial charge in [0.1, 0.15) is 5.82 Å². The van der Waals surface area contributed by atoms with Gasteiger partial charge in [-0.3, -0.25) is 0 Å². The van der Waals surface area contributed by atoms with Gasteiger partial charge >= 0.3 is 0 Å². The van der Waals surface area contributed by atoms with Crippen molar-refractivity contribution in [3.05, 3.63) is 57.8 Å². The Morgan fingerprint density at radius 3 is 1.95 bits per heavy atom. The van der Waals surface area contributed by atoms with E-state index < -0.39 is 11.2 Å². The van der Waals surface area contributed by atoms with Crippen molar-refractivity contribution in [1.29, 1.82) is 0 Å². The van der Waals surface area contributed by atoms with E-state index in [1.165, 1.54) is 0 Å². The first kappa shape index (κ1) is 15.2. The van der Waals surface area contributed by atoms with E-state index >= 15 is 0 Å². The molecule has 1 heterocycles. The Morgan fingerprint density at radius 1 is 1.00 bits per heavy atom. The fourth-order valence-corrected chi connectivity index (χ4v) is 2.86. The molecule has 1 aromatic carbocycles. The van der Waals surface area contributed by atoms with Crippen molar-refractivity contribution in [3.63, 3.8) is 0 Å². The zero-order chi connectivity index (χ0) is 14.8. The summed E-state index contributed by atoms with van der Waals surface area (Å²) in [5, 5.41) is -0.468. The van der Waals surface area contributed by atoms with Crippen LogP contribution in [-0.4, -0.2) is 9.97 Å². The van der Waals surface area contributed by atoms with Gasteiger partial charge in [-0.2, -0.15) is 0 Å².